The van der Waals surface area contributed by atoms with Crippen LogP contribution in [0, 0.1) is 0 Å². The minimum atomic E-state index is 0.0502. The summed E-state index contributed by atoms with van der Waals surface area (Å²) in [6.07, 6.45) is 12.3. The van der Waals surface area contributed by atoms with Crippen molar-refractivity contribution in [3.8, 4) is 0 Å². The zero-order chi connectivity index (χ0) is 14.7. The first-order valence-corrected chi connectivity index (χ1v) is 7.90. The molecule has 0 atom stereocenters. The highest BCUT2D eigenvalue weighted by Gasteiger charge is 2.27. The molecule has 1 aliphatic rings. The molecule has 0 N–H and O–H groups in total. The highest BCUT2D eigenvalue weighted by atomic mass is 16.2. The van der Waals surface area contributed by atoms with E-state index in [9.17, 15) is 4.79 Å². The molecule has 1 aliphatic carbocycles. The van der Waals surface area contributed by atoms with Crippen molar-refractivity contribution >= 4 is 11.7 Å². The minimum Gasteiger partial charge on any atom is -0.334 e. The van der Waals surface area contributed by atoms with Crippen LogP contribution in [0.5, 0.6) is 0 Å². The normalized spacial score (nSPS) is 16.2. The molecule has 0 saturated heterocycles. The monoisotopic (exact) mass is 286 g/mol. The molecule has 0 aliphatic heterocycles. The average molecular weight is 286 g/mol. The van der Waals surface area contributed by atoms with Gasteiger partial charge in [0.25, 0.3) is 5.91 Å². The highest BCUT2D eigenvalue weighted by Crippen LogP contribution is 2.24. The Kier molecular flexibility index (Phi) is 4.18. The van der Waals surface area contributed by atoms with Crippen LogP contribution >= 0.6 is 0 Å². The van der Waals surface area contributed by atoms with Crippen LogP contribution < -0.4 is 0 Å². The molecule has 0 unspecified atom stereocenters. The number of aromatic nitrogens is 3. The molecule has 1 fully saturated rings. The lowest BCUT2D eigenvalue weighted by Gasteiger charge is -2.33. The van der Waals surface area contributed by atoms with Gasteiger partial charge in [0, 0.05) is 31.2 Å². The van der Waals surface area contributed by atoms with Crippen LogP contribution in [0.15, 0.2) is 24.7 Å². The van der Waals surface area contributed by atoms with Crippen molar-refractivity contribution in [2.75, 3.05) is 6.54 Å². The molecular formula is C16H22N4O. The SMILES string of the molecule is CCCN(C(=O)c1cn2cccnc2n1)C1CCCCC1. The number of nitrogens with zero attached hydrogens (tertiary/aromatic N) is 4. The van der Waals surface area contributed by atoms with Crippen LogP contribution in [0.4, 0.5) is 0 Å². The standard InChI is InChI=1S/C16H22N4O/c1-2-10-20(13-7-4-3-5-8-13)15(21)14-12-19-11-6-9-17-16(19)18-14/h6,9,11-13H,2-5,7-8,10H2,1H3. The lowest BCUT2D eigenvalue weighted by atomic mass is 9.94. The first kappa shape index (κ1) is 14.0. The van der Waals surface area contributed by atoms with E-state index in [0.29, 0.717) is 17.5 Å². The van der Waals surface area contributed by atoms with Gasteiger partial charge in [-0.25, -0.2) is 9.97 Å². The Morgan fingerprint density at radius 1 is 1.38 bits per heavy atom. The van der Waals surface area contributed by atoms with Crippen molar-refractivity contribution in [2.45, 2.75) is 51.5 Å². The Labute approximate surface area is 125 Å². The molecule has 0 bridgehead atoms. The lowest BCUT2D eigenvalue weighted by molar-refractivity contribution is 0.0629. The zero-order valence-electron chi connectivity index (χ0n) is 12.5. The Morgan fingerprint density at radius 2 is 2.19 bits per heavy atom. The van der Waals surface area contributed by atoms with Gasteiger partial charge in [-0.1, -0.05) is 26.2 Å². The van der Waals surface area contributed by atoms with Crippen LogP contribution in [-0.4, -0.2) is 37.8 Å². The van der Waals surface area contributed by atoms with E-state index < -0.39 is 0 Å². The van der Waals surface area contributed by atoms with E-state index in [-0.39, 0.29) is 5.91 Å². The Bertz CT molecular complexity index is 583. The van der Waals surface area contributed by atoms with Crippen LogP contribution in [0.1, 0.15) is 55.9 Å². The van der Waals surface area contributed by atoms with E-state index in [0.717, 1.165) is 25.8 Å². The van der Waals surface area contributed by atoms with Crippen LogP contribution in [0.3, 0.4) is 0 Å². The van der Waals surface area contributed by atoms with E-state index in [1.807, 2.05) is 17.2 Å². The predicted octanol–water partition coefficient (Wildman–Crippen LogP) is 2.91. The van der Waals surface area contributed by atoms with E-state index in [4.69, 9.17) is 0 Å². The van der Waals surface area contributed by atoms with Crippen molar-refractivity contribution in [1.82, 2.24) is 19.3 Å². The summed E-state index contributed by atoms with van der Waals surface area (Å²) in [5, 5.41) is 0. The Balaban J connectivity index is 1.85. The van der Waals surface area contributed by atoms with Gasteiger partial charge in [0.15, 0.2) is 0 Å². The second-order valence-corrected chi connectivity index (χ2v) is 5.74. The summed E-state index contributed by atoms with van der Waals surface area (Å²) >= 11 is 0. The summed E-state index contributed by atoms with van der Waals surface area (Å²) in [6.45, 7) is 2.93. The van der Waals surface area contributed by atoms with Gasteiger partial charge in [0.2, 0.25) is 5.78 Å². The summed E-state index contributed by atoms with van der Waals surface area (Å²) in [7, 11) is 0. The molecule has 2 heterocycles. The Hall–Kier alpha value is -1.91. The maximum Gasteiger partial charge on any atom is 0.274 e. The molecule has 2 aromatic rings. The molecule has 5 nitrogen and oxygen atoms in total. The minimum absolute atomic E-state index is 0.0502. The predicted molar refractivity (Wildman–Crippen MR) is 81.2 cm³/mol. The number of imidazole rings is 1. The zero-order valence-corrected chi connectivity index (χ0v) is 12.5. The maximum absolute atomic E-state index is 12.8. The summed E-state index contributed by atoms with van der Waals surface area (Å²) in [5.41, 5.74) is 0.507. The fourth-order valence-electron chi connectivity index (χ4n) is 3.16. The molecular weight excluding hydrogens is 264 g/mol. The third kappa shape index (κ3) is 2.91. The van der Waals surface area contributed by atoms with E-state index in [1.165, 1.54) is 19.3 Å². The van der Waals surface area contributed by atoms with Gasteiger partial charge in [-0.3, -0.25) is 9.20 Å². The second-order valence-electron chi connectivity index (χ2n) is 5.74. The molecule has 0 aromatic carbocycles. The fourth-order valence-corrected chi connectivity index (χ4v) is 3.16. The highest BCUT2D eigenvalue weighted by molar-refractivity contribution is 5.93. The number of carbonyl (C=O) groups is 1. The van der Waals surface area contributed by atoms with Crippen molar-refractivity contribution in [2.24, 2.45) is 0 Å². The third-order valence-electron chi connectivity index (χ3n) is 4.20. The number of fused-ring (bicyclic) bond motifs is 1. The largest absolute Gasteiger partial charge is 0.334 e. The fraction of sp³-hybridized carbons (Fsp3) is 0.562. The number of carbonyl (C=O) groups excluding carboxylic acids is 1. The topological polar surface area (TPSA) is 50.5 Å². The number of hydrogen-bond donors (Lipinski definition) is 0. The van der Waals surface area contributed by atoms with Crippen LogP contribution in [-0.2, 0) is 0 Å². The van der Waals surface area contributed by atoms with E-state index in [1.54, 1.807) is 16.8 Å². The van der Waals surface area contributed by atoms with Crippen LogP contribution in [0.25, 0.3) is 5.78 Å². The van der Waals surface area contributed by atoms with Gasteiger partial charge >= 0.3 is 0 Å². The van der Waals surface area contributed by atoms with Gasteiger partial charge in [-0.15, -0.1) is 0 Å². The molecule has 1 amide bonds. The molecule has 0 radical (unpaired) electrons. The lowest BCUT2D eigenvalue weighted by Crippen LogP contribution is -2.42. The van der Waals surface area contributed by atoms with E-state index in [2.05, 4.69) is 16.9 Å². The van der Waals surface area contributed by atoms with Gasteiger partial charge < -0.3 is 4.90 Å². The maximum atomic E-state index is 12.8. The van der Waals surface area contributed by atoms with Gasteiger partial charge in [0.05, 0.1) is 0 Å². The molecule has 3 rings (SSSR count). The molecule has 21 heavy (non-hydrogen) atoms. The first-order chi connectivity index (χ1) is 10.3. The number of hydrogen-bond acceptors (Lipinski definition) is 3. The first-order valence-electron chi connectivity index (χ1n) is 7.90. The van der Waals surface area contributed by atoms with Crippen molar-refractivity contribution in [1.29, 1.82) is 0 Å². The van der Waals surface area contributed by atoms with Gasteiger partial charge in [0.1, 0.15) is 5.69 Å². The summed E-state index contributed by atoms with van der Waals surface area (Å²) in [5.74, 6) is 0.634. The quantitative estimate of drug-likeness (QED) is 0.868. The van der Waals surface area contributed by atoms with Crippen molar-refractivity contribution in [3.63, 3.8) is 0 Å². The van der Waals surface area contributed by atoms with Gasteiger partial charge in [-0.05, 0) is 25.3 Å². The second kappa shape index (κ2) is 6.24. The average Bonchev–Trinajstić information content (AvgIpc) is 2.97. The summed E-state index contributed by atoms with van der Waals surface area (Å²) < 4.78 is 1.80. The molecule has 1 saturated carbocycles. The van der Waals surface area contributed by atoms with Crippen molar-refractivity contribution in [3.05, 3.63) is 30.4 Å². The van der Waals surface area contributed by atoms with E-state index >= 15 is 0 Å². The number of amides is 1. The molecule has 5 heteroatoms. The molecule has 112 valence electrons. The third-order valence-corrected chi connectivity index (χ3v) is 4.20. The molecule has 2 aromatic heterocycles. The van der Waals surface area contributed by atoms with Crippen molar-refractivity contribution < 1.29 is 4.79 Å². The van der Waals surface area contributed by atoms with Crippen LogP contribution in [0.2, 0.25) is 0 Å². The summed E-state index contributed by atoms with van der Waals surface area (Å²) in [4.78, 5) is 23.4. The molecule has 0 spiro atoms. The van der Waals surface area contributed by atoms with Gasteiger partial charge in [-0.2, -0.15) is 0 Å². The number of rotatable bonds is 4. The summed E-state index contributed by atoms with van der Waals surface area (Å²) in [6, 6.07) is 2.22. The smallest absolute Gasteiger partial charge is 0.274 e. The Morgan fingerprint density at radius 3 is 2.90 bits per heavy atom.